The second kappa shape index (κ2) is 8.42. The number of halogens is 1. The summed E-state index contributed by atoms with van der Waals surface area (Å²) in [6.07, 6.45) is 0. The van der Waals surface area contributed by atoms with Crippen LogP contribution in [0, 0.1) is 0 Å². The van der Waals surface area contributed by atoms with E-state index in [0.717, 1.165) is 0 Å². The number of thiocarbonyl (C=S) groups is 1. The molecule has 0 unspecified atom stereocenters. The van der Waals surface area contributed by atoms with Gasteiger partial charge in [-0.3, -0.25) is 14.9 Å². The van der Waals surface area contributed by atoms with Crippen LogP contribution in [0.1, 0.15) is 41.5 Å². The van der Waals surface area contributed by atoms with Crippen molar-refractivity contribution in [1.82, 2.24) is 10.6 Å². The van der Waals surface area contributed by atoms with E-state index < -0.39 is 0 Å². The van der Waals surface area contributed by atoms with E-state index in [9.17, 15) is 9.59 Å². The molecule has 0 aromatic heterocycles. The predicted molar refractivity (Wildman–Crippen MR) is 111 cm³/mol. The molecule has 0 radical (unpaired) electrons. The number of rotatable bonds is 3. The lowest BCUT2D eigenvalue weighted by molar-refractivity contribution is 0.0919. The normalized spacial score (nSPS) is 10.8. The van der Waals surface area contributed by atoms with Gasteiger partial charge >= 0.3 is 0 Å². The van der Waals surface area contributed by atoms with Gasteiger partial charge in [0.15, 0.2) is 5.11 Å². The molecule has 2 aromatic carbocycles. The molecule has 2 rings (SSSR count). The Kier molecular flexibility index (Phi) is 6.50. The first-order valence-electron chi connectivity index (χ1n) is 7.96. The third kappa shape index (κ3) is 5.64. The Morgan fingerprint density at radius 1 is 0.923 bits per heavy atom. The van der Waals surface area contributed by atoms with Crippen molar-refractivity contribution in [1.29, 1.82) is 0 Å². The fourth-order valence-electron chi connectivity index (χ4n) is 2.17. The first kappa shape index (κ1) is 20.1. The van der Waals surface area contributed by atoms with Gasteiger partial charge in [-0.1, -0.05) is 24.3 Å². The van der Waals surface area contributed by atoms with Gasteiger partial charge in [0.2, 0.25) is 0 Å². The minimum absolute atomic E-state index is 0.113. The number of amides is 2. The smallest absolute Gasteiger partial charge is 0.258 e. The quantitative estimate of drug-likeness (QED) is 0.637. The fraction of sp³-hybridized carbons (Fsp3) is 0.211. The Balaban J connectivity index is 2.11. The molecule has 5 nitrogen and oxygen atoms in total. The van der Waals surface area contributed by atoms with Gasteiger partial charge in [0.1, 0.15) is 0 Å². The van der Waals surface area contributed by atoms with E-state index >= 15 is 0 Å². The van der Waals surface area contributed by atoms with Crippen LogP contribution < -0.4 is 16.0 Å². The van der Waals surface area contributed by atoms with Gasteiger partial charge in [-0.05, 0) is 73.2 Å². The van der Waals surface area contributed by atoms with Gasteiger partial charge in [0.25, 0.3) is 11.8 Å². The van der Waals surface area contributed by atoms with E-state index in [-0.39, 0.29) is 22.5 Å². The molecule has 0 aliphatic heterocycles. The largest absolute Gasteiger partial charge is 0.347 e. The van der Waals surface area contributed by atoms with Gasteiger partial charge < -0.3 is 10.6 Å². The van der Waals surface area contributed by atoms with Crippen LogP contribution in [-0.4, -0.2) is 22.5 Å². The lowest BCUT2D eigenvalue weighted by atomic mass is 10.1. The van der Waals surface area contributed by atoms with E-state index in [2.05, 4.69) is 31.9 Å². The summed E-state index contributed by atoms with van der Waals surface area (Å²) >= 11 is 8.56. The number of nitrogens with one attached hydrogen (secondary N) is 3. The molecule has 0 heterocycles. The molecule has 2 aromatic rings. The summed E-state index contributed by atoms with van der Waals surface area (Å²) in [6.45, 7) is 5.72. The Morgan fingerprint density at radius 3 is 2.12 bits per heavy atom. The van der Waals surface area contributed by atoms with E-state index in [1.807, 2.05) is 26.8 Å². The summed E-state index contributed by atoms with van der Waals surface area (Å²) in [5, 5.41) is 8.56. The second-order valence-corrected chi connectivity index (χ2v) is 7.90. The minimum atomic E-state index is -0.363. The van der Waals surface area contributed by atoms with Crippen LogP contribution in [0.3, 0.4) is 0 Å². The number of hydrogen-bond donors (Lipinski definition) is 3. The Morgan fingerprint density at radius 2 is 1.50 bits per heavy atom. The zero-order chi connectivity index (χ0) is 19.3. The average Bonchev–Trinajstić information content (AvgIpc) is 2.53. The summed E-state index contributed by atoms with van der Waals surface area (Å²) in [4.78, 5) is 24.8. The van der Waals surface area contributed by atoms with Crippen LogP contribution in [-0.2, 0) is 0 Å². The summed E-state index contributed by atoms with van der Waals surface area (Å²) in [5.74, 6) is -0.563. The number of anilines is 1. The summed E-state index contributed by atoms with van der Waals surface area (Å²) < 4.78 is 0.672. The Bertz CT molecular complexity index is 847. The third-order valence-electron chi connectivity index (χ3n) is 3.25. The van der Waals surface area contributed by atoms with Crippen LogP contribution in [0.25, 0.3) is 0 Å². The molecule has 7 heteroatoms. The molecule has 0 bridgehead atoms. The number of para-hydroxylation sites is 1. The molecule has 2 amide bonds. The highest BCUT2D eigenvalue weighted by Gasteiger charge is 2.18. The maximum Gasteiger partial charge on any atom is 0.258 e. The van der Waals surface area contributed by atoms with Crippen LogP contribution >= 0.6 is 28.1 Å². The van der Waals surface area contributed by atoms with Gasteiger partial charge in [-0.15, -0.1) is 0 Å². The summed E-state index contributed by atoms with van der Waals surface area (Å²) in [6, 6.07) is 14.0. The molecule has 3 N–H and O–H groups in total. The third-order valence-corrected chi connectivity index (χ3v) is 4.15. The molecule has 0 saturated carbocycles. The number of carbonyl (C=O) groups is 2. The van der Waals surface area contributed by atoms with Crippen LogP contribution in [0.2, 0.25) is 0 Å². The molecule has 136 valence electrons. The van der Waals surface area contributed by atoms with E-state index in [4.69, 9.17) is 12.2 Å². The van der Waals surface area contributed by atoms with Crippen LogP contribution in [0.15, 0.2) is 53.0 Å². The van der Waals surface area contributed by atoms with Gasteiger partial charge in [0, 0.05) is 10.0 Å². The molecule has 0 fully saturated rings. The van der Waals surface area contributed by atoms with E-state index in [1.165, 1.54) is 0 Å². The standard InChI is InChI=1S/C19H20BrN3O2S/c1-19(2,3)23-17(25)13-9-5-7-11-15(13)21-18(26)22-16(24)12-8-4-6-10-14(12)20/h4-11H,1-3H3,(H,23,25)(H2,21,22,24,26). The topological polar surface area (TPSA) is 70.2 Å². The zero-order valence-corrected chi connectivity index (χ0v) is 17.1. The monoisotopic (exact) mass is 433 g/mol. The minimum Gasteiger partial charge on any atom is -0.347 e. The second-order valence-electron chi connectivity index (χ2n) is 6.64. The highest BCUT2D eigenvalue weighted by Crippen LogP contribution is 2.17. The maximum absolute atomic E-state index is 12.5. The number of hydrogen-bond acceptors (Lipinski definition) is 3. The van der Waals surface area contributed by atoms with Crippen LogP contribution in [0.5, 0.6) is 0 Å². The predicted octanol–water partition coefficient (Wildman–Crippen LogP) is 4.10. The molecule has 26 heavy (non-hydrogen) atoms. The van der Waals surface area contributed by atoms with Crippen molar-refractivity contribution in [3.05, 3.63) is 64.1 Å². The van der Waals surface area contributed by atoms with Crippen molar-refractivity contribution in [3.8, 4) is 0 Å². The Labute approximate surface area is 166 Å². The van der Waals surface area contributed by atoms with Crippen LogP contribution in [0.4, 0.5) is 5.69 Å². The highest BCUT2D eigenvalue weighted by molar-refractivity contribution is 9.10. The molecule has 0 spiro atoms. The van der Waals surface area contributed by atoms with E-state index in [1.54, 1.807) is 42.5 Å². The first-order chi connectivity index (χ1) is 12.2. The van der Waals surface area contributed by atoms with E-state index in [0.29, 0.717) is 21.3 Å². The number of benzene rings is 2. The lowest BCUT2D eigenvalue weighted by Crippen LogP contribution is -2.41. The van der Waals surface area contributed by atoms with Crippen molar-refractivity contribution >= 4 is 50.8 Å². The SMILES string of the molecule is CC(C)(C)NC(=O)c1ccccc1NC(=S)NC(=O)c1ccccc1Br. The highest BCUT2D eigenvalue weighted by atomic mass is 79.9. The molecule has 0 aliphatic rings. The molecule has 0 aliphatic carbocycles. The van der Waals surface area contributed by atoms with Crippen molar-refractivity contribution in [2.24, 2.45) is 0 Å². The molecular weight excluding hydrogens is 414 g/mol. The molecule has 0 atom stereocenters. The fourth-order valence-corrected chi connectivity index (χ4v) is 2.83. The maximum atomic E-state index is 12.5. The zero-order valence-electron chi connectivity index (χ0n) is 14.7. The molecular formula is C19H20BrN3O2S. The summed E-state index contributed by atoms with van der Waals surface area (Å²) in [7, 11) is 0. The lowest BCUT2D eigenvalue weighted by Gasteiger charge is -2.21. The van der Waals surface area contributed by atoms with Gasteiger partial charge in [-0.25, -0.2) is 0 Å². The van der Waals surface area contributed by atoms with Crippen molar-refractivity contribution in [2.75, 3.05) is 5.32 Å². The average molecular weight is 434 g/mol. The van der Waals surface area contributed by atoms with Crippen molar-refractivity contribution in [3.63, 3.8) is 0 Å². The van der Waals surface area contributed by atoms with Crippen molar-refractivity contribution < 1.29 is 9.59 Å². The van der Waals surface area contributed by atoms with Gasteiger partial charge in [-0.2, -0.15) is 0 Å². The van der Waals surface area contributed by atoms with Crippen molar-refractivity contribution in [2.45, 2.75) is 26.3 Å². The first-order valence-corrected chi connectivity index (χ1v) is 9.16. The Hall–Kier alpha value is -2.25. The summed E-state index contributed by atoms with van der Waals surface area (Å²) in [5.41, 5.74) is 1.07. The number of carbonyl (C=O) groups excluding carboxylic acids is 2. The van der Waals surface area contributed by atoms with Gasteiger partial charge in [0.05, 0.1) is 16.8 Å². The molecule has 0 saturated heterocycles.